The van der Waals surface area contributed by atoms with Gasteiger partial charge in [-0.05, 0) is 12.1 Å². The van der Waals surface area contributed by atoms with Gasteiger partial charge in [-0.15, -0.1) is 0 Å². The number of halogens is 2. The molecule has 0 saturated carbocycles. The fourth-order valence-electron chi connectivity index (χ4n) is 1.45. The molecule has 0 aliphatic rings. The molecular formula is C13H9F2NO3. The van der Waals surface area contributed by atoms with Crippen molar-refractivity contribution in [3.05, 3.63) is 59.4 Å². The lowest BCUT2D eigenvalue weighted by Gasteiger charge is -2.06. The highest BCUT2D eigenvalue weighted by Gasteiger charge is 2.06. The summed E-state index contributed by atoms with van der Waals surface area (Å²) in [6.07, 6.45) is 0. The molecule has 0 aliphatic heterocycles. The Kier molecular flexibility index (Phi) is 3.70. The van der Waals surface area contributed by atoms with Gasteiger partial charge in [0.25, 0.3) is 0 Å². The highest BCUT2D eigenvalue weighted by molar-refractivity contribution is 5.85. The summed E-state index contributed by atoms with van der Waals surface area (Å²) in [4.78, 5) is 14.5. The molecule has 19 heavy (non-hydrogen) atoms. The fraction of sp³-hybridized carbons (Fsp3) is 0.0769. The minimum atomic E-state index is -1.15. The van der Waals surface area contributed by atoms with Crippen LogP contribution in [0.3, 0.4) is 0 Å². The fourth-order valence-corrected chi connectivity index (χ4v) is 1.45. The van der Waals surface area contributed by atoms with Gasteiger partial charge in [0.05, 0.1) is 5.69 Å². The lowest BCUT2D eigenvalue weighted by atomic mass is 10.3. The Bertz CT molecular complexity index is 596. The van der Waals surface area contributed by atoms with Crippen LogP contribution in [0.2, 0.25) is 0 Å². The van der Waals surface area contributed by atoms with Crippen molar-refractivity contribution in [3.63, 3.8) is 0 Å². The lowest BCUT2D eigenvalue weighted by Crippen LogP contribution is -2.05. The Morgan fingerprint density at radius 1 is 1.21 bits per heavy atom. The van der Waals surface area contributed by atoms with Gasteiger partial charge in [-0.1, -0.05) is 6.07 Å². The molecule has 2 rings (SSSR count). The maximum Gasteiger partial charge on any atom is 0.354 e. The third-order valence-electron chi connectivity index (χ3n) is 2.25. The molecule has 0 bridgehead atoms. The number of ether oxygens (including phenoxy) is 1. The summed E-state index contributed by atoms with van der Waals surface area (Å²) in [5, 5.41) is 8.76. The molecule has 1 aromatic carbocycles. The van der Waals surface area contributed by atoms with Crippen LogP contribution in [0.5, 0.6) is 5.75 Å². The number of carboxylic acids is 1. The second-order valence-corrected chi connectivity index (χ2v) is 3.71. The quantitative estimate of drug-likeness (QED) is 0.923. The van der Waals surface area contributed by atoms with Crippen molar-refractivity contribution in [1.29, 1.82) is 0 Å². The number of hydrogen-bond donors (Lipinski definition) is 1. The van der Waals surface area contributed by atoms with Crippen LogP contribution < -0.4 is 4.74 Å². The number of aromatic nitrogens is 1. The zero-order valence-corrected chi connectivity index (χ0v) is 9.64. The van der Waals surface area contributed by atoms with Crippen molar-refractivity contribution in [2.45, 2.75) is 6.61 Å². The van der Waals surface area contributed by atoms with Gasteiger partial charge in [-0.3, -0.25) is 0 Å². The Morgan fingerprint density at radius 3 is 2.53 bits per heavy atom. The number of carboxylic acid groups (broad SMARTS) is 1. The number of hydrogen-bond acceptors (Lipinski definition) is 3. The van der Waals surface area contributed by atoms with Crippen molar-refractivity contribution in [2.75, 3.05) is 0 Å². The molecular weight excluding hydrogens is 256 g/mol. The van der Waals surface area contributed by atoms with Crippen LogP contribution in [0.1, 0.15) is 16.2 Å². The van der Waals surface area contributed by atoms with Gasteiger partial charge in [0.2, 0.25) is 0 Å². The van der Waals surface area contributed by atoms with E-state index >= 15 is 0 Å². The molecule has 0 unspecified atom stereocenters. The van der Waals surface area contributed by atoms with E-state index in [0.717, 1.165) is 18.2 Å². The first kappa shape index (κ1) is 12.9. The predicted octanol–water partition coefficient (Wildman–Crippen LogP) is 2.64. The Hall–Kier alpha value is -2.50. The number of pyridine rings is 1. The molecule has 0 saturated heterocycles. The standard InChI is InChI=1S/C13H9F2NO3/c14-8-4-9(15)6-11(5-8)19-7-10-2-1-3-12(16-10)13(17)18/h1-6H,7H2,(H,17,18). The summed E-state index contributed by atoms with van der Waals surface area (Å²) < 4.78 is 31.0. The summed E-state index contributed by atoms with van der Waals surface area (Å²) in [5.41, 5.74) is 0.232. The summed E-state index contributed by atoms with van der Waals surface area (Å²) in [6.45, 7) is -0.0794. The van der Waals surface area contributed by atoms with Crippen molar-refractivity contribution >= 4 is 5.97 Å². The minimum absolute atomic E-state index is 0.0139. The normalized spacial score (nSPS) is 10.2. The Morgan fingerprint density at radius 2 is 1.89 bits per heavy atom. The summed E-state index contributed by atoms with van der Waals surface area (Å²) in [7, 11) is 0. The van der Waals surface area contributed by atoms with Gasteiger partial charge in [0.15, 0.2) is 0 Å². The van der Waals surface area contributed by atoms with Crippen LogP contribution in [0.25, 0.3) is 0 Å². The summed E-state index contributed by atoms with van der Waals surface area (Å²) in [5.74, 6) is -2.64. The minimum Gasteiger partial charge on any atom is -0.487 e. The van der Waals surface area contributed by atoms with E-state index in [-0.39, 0.29) is 18.1 Å². The molecule has 1 heterocycles. The second-order valence-electron chi connectivity index (χ2n) is 3.71. The predicted molar refractivity (Wildman–Crippen MR) is 61.9 cm³/mol. The molecule has 6 heteroatoms. The topological polar surface area (TPSA) is 59.4 Å². The van der Waals surface area contributed by atoms with Crippen molar-refractivity contribution < 1.29 is 23.4 Å². The van der Waals surface area contributed by atoms with Gasteiger partial charge < -0.3 is 9.84 Å². The molecule has 1 N–H and O–H groups in total. The number of aromatic carboxylic acids is 1. The molecule has 0 radical (unpaired) electrons. The van der Waals surface area contributed by atoms with E-state index in [1.165, 1.54) is 12.1 Å². The van der Waals surface area contributed by atoms with Crippen molar-refractivity contribution in [2.24, 2.45) is 0 Å². The Balaban J connectivity index is 2.10. The molecule has 98 valence electrons. The second kappa shape index (κ2) is 5.43. The highest BCUT2D eigenvalue weighted by Crippen LogP contribution is 2.16. The first-order chi connectivity index (χ1) is 9.04. The van der Waals surface area contributed by atoms with Gasteiger partial charge >= 0.3 is 5.97 Å². The third kappa shape index (κ3) is 3.48. The smallest absolute Gasteiger partial charge is 0.354 e. The first-order valence-electron chi connectivity index (χ1n) is 5.33. The van der Waals surface area contributed by atoms with E-state index in [4.69, 9.17) is 9.84 Å². The summed E-state index contributed by atoms with van der Waals surface area (Å²) >= 11 is 0. The van der Waals surface area contributed by atoms with E-state index in [1.807, 2.05) is 0 Å². The van der Waals surface area contributed by atoms with Crippen molar-refractivity contribution in [3.8, 4) is 5.75 Å². The van der Waals surface area contributed by atoms with Crippen LogP contribution in [0.15, 0.2) is 36.4 Å². The van der Waals surface area contributed by atoms with E-state index in [0.29, 0.717) is 5.69 Å². The van der Waals surface area contributed by atoms with E-state index < -0.39 is 17.6 Å². The maximum absolute atomic E-state index is 12.9. The Labute approximate surface area is 107 Å². The molecule has 1 aromatic heterocycles. The van der Waals surface area contributed by atoms with Crippen LogP contribution >= 0.6 is 0 Å². The van der Waals surface area contributed by atoms with E-state index in [2.05, 4.69) is 4.98 Å². The maximum atomic E-state index is 12.9. The summed E-state index contributed by atoms with van der Waals surface area (Å²) in [6, 6.07) is 7.21. The molecule has 0 amide bonds. The average Bonchev–Trinajstić information content (AvgIpc) is 2.35. The zero-order chi connectivity index (χ0) is 13.8. The zero-order valence-electron chi connectivity index (χ0n) is 9.64. The molecule has 0 aliphatic carbocycles. The molecule has 2 aromatic rings. The van der Waals surface area contributed by atoms with Crippen LogP contribution in [-0.2, 0) is 6.61 Å². The number of carbonyl (C=O) groups is 1. The van der Waals surface area contributed by atoms with Crippen molar-refractivity contribution in [1.82, 2.24) is 4.98 Å². The molecule has 4 nitrogen and oxygen atoms in total. The molecule has 0 atom stereocenters. The molecule has 0 fully saturated rings. The number of benzene rings is 1. The largest absolute Gasteiger partial charge is 0.487 e. The SMILES string of the molecule is O=C(O)c1cccc(COc2cc(F)cc(F)c2)n1. The van der Waals surface area contributed by atoms with Crippen LogP contribution in [0, 0.1) is 11.6 Å². The average molecular weight is 265 g/mol. The number of rotatable bonds is 4. The molecule has 0 spiro atoms. The van der Waals surface area contributed by atoms with E-state index in [1.54, 1.807) is 6.07 Å². The van der Waals surface area contributed by atoms with Crippen LogP contribution in [0.4, 0.5) is 8.78 Å². The lowest BCUT2D eigenvalue weighted by molar-refractivity contribution is 0.0690. The van der Waals surface area contributed by atoms with Gasteiger partial charge in [0.1, 0.15) is 29.7 Å². The van der Waals surface area contributed by atoms with Gasteiger partial charge in [-0.2, -0.15) is 0 Å². The van der Waals surface area contributed by atoms with Gasteiger partial charge in [-0.25, -0.2) is 18.6 Å². The van der Waals surface area contributed by atoms with Crippen LogP contribution in [-0.4, -0.2) is 16.1 Å². The highest BCUT2D eigenvalue weighted by atomic mass is 19.1. The van der Waals surface area contributed by atoms with E-state index in [9.17, 15) is 13.6 Å². The van der Waals surface area contributed by atoms with Gasteiger partial charge in [0, 0.05) is 18.2 Å². The number of nitrogens with zero attached hydrogens (tertiary/aromatic N) is 1. The first-order valence-corrected chi connectivity index (χ1v) is 5.33. The monoisotopic (exact) mass is 265 g/mol. The third-order valence-corrected chi connectivity index (χ3v) is 2.25.